The number of carbonyl (C=O) groups is 1. The van der Waals surface area contributed by atoms with Crippen LogP contribution in [0.5, 0.6) is 11.5 Å². The van der Waals surface area contributed by atoms with Crippen LogP contribution in [0.3, 0.4) is 0 Å². The van der Waals surface area contributed by atoms with E-state index in [0.717, 1.165) is 11.1 Å². The van der Waals surface area contributed by atoms with E-state index in [1.807, 2.05) is 48.2 Å². The van der Waals surface area contributed by atoms with Gasteiger partial charge in [0.05, 0.1) is 14.2 Å². The van der Waals surface area contributed by atoms with Crippen molar-refractivity contribution in [1.82, 2.24) is 4.90 Å². The average Bonchev–Trinajstić information content (AvgIpc) is 2.66. The Morgan fingerprint density at radius 2 is 1.58 bits per heavy atom. The molecule has 0 radical (unpaired) electrons. The summed E-state index contributed by atoms with van der Waals surface area (Å²) in [7, 11) is 3.24. The van der Waals surface area contributed by atoms with Crippen LogP contribution in [-0.2, 0) is 17.8 Å². The van der Waals surface area contributed by atoms with Gasteiger partial charge < -0.3 is 14.4 Å². The Labute approximate surface area is 156 Å². The number of amides is 1. The molecule has 140 valence electrons. The maximum absolute atomic E-state index is 13.0. The normalized spacial score (nSPS) is 11.9. The molecule has 0 aliphatic heterocycles. The number of rotatable bonds is 8. The Bertz CT molecular complexity index is 713. The molecule has 2 aromatic rings. The molecule has 0 aliphatic carbocycles. The fourth-order valence-corrected chi connectivity index (χ4v) is 3.03. The predicted octanol–water partition coefficient (Wildman–Crippen LogP) is 4.32. The lowest BCUT2D eigenvalue weighted by molar-refractivity contribution is -0.137. The molecule has 0 aliphatic rings. The van der Waals surface area contributed by atoms with Crippen LogP contribution in [0, 0.1) is 5.92 Å². The first kappa shape index (κ1) is 19.8. The van der Waals surface area contributed by atoms with E-state index in [-0.39, 0.29) is 17.9 Å². The topological polar surface area (TPSA) is 38.8 Å². The van der Waals surface area contributed by atoms with Crippen LogP contribution in [0.4, 0.5) is 0 Å². The lowest BCUT2D eigenvalue weighted by atomic mass is 9.98. The lowest BCUT2D eigenvalue weighted by Gasteiger charge is -2.30. The predicted molar refractivity (Wildman–Crippen MR) is 105 cm³/mol. The molecule has 1 atom stereocenters. The van der Waals surface area contributed by atoms with E-state index in [1.54, 1.807) is 14.2 Å². The quantitative estimate of drug-likeness (QED) is 0.708. The highest BCUT2D eigenvalue weighted by molar-refractivity contribution is 5.79. The smallest absolute Gasteiger partial charge is 0.226 e. The van der Waals surface area contributed by atoms with E-state index < -0.39 is 0 Å². The Morgan fingerprint density at radius 1 is 0.923 bits per heavy atom. The molecule has 4 nitrogen and oxygen atoms in total. The first-order valence-corrected chi connectivity index (χ1v) is 9.01. The van der Waals surface area contributed by atoms with E-state index in [2.05, 4.69) is 26.0 Å². The number of ether oxygens (including phenoxy) is 2. The summed E-state index contributed by atoms with van der Waals surface area (Å²) in [5, 5.41) is 0. The zero-order chi connectivity index (χ0) is 19.1. The largest absolute Gasteiger partial charge is 0.493 e. The van der Waals surface area contributed by atoms with Gasteiger partial charge in [-0.25, -0.2) is 0 Å². The van der Waals surface area contributed by atoms with Gasteiger partial charge in [0.2, 0.25) is 5.91 Å². The third-order valence-electron chi connectivity index (χ3n) is 4.51. The van der Waals surface area contributed by atoms with Crippen LogP contribution in [0.25, 0.3) is 0 Å². The molecule has 4 heteroatoms. The summed E-state index contributed by atoms with van der Waals surface area (Å²) < 4.78 is 10.6. The fourth-order valence-electron chi connectivity index (χ4n) is 3.03. The van der Waals surface area contributed by atoms with Crippen LogP contribution < -0.4 is 9.47 Å². The Kier molecular flexibility index (Phi) is 7.07. The molecule has 26 heavy (non-hydrogen) atoms. The number of methoxy groups -OCH3 is 2. The molecular weight excluding hydrogens is 326 g/mol. The minimum atomic E-state index is -0.112. The second-order valence-electron chi connectivity index (χ2n) is 6.84. The minimum Gasteiger partial charge on any atom is -0.493 e. The first-order valence-electron chi connectivity index (χ1n) is 9.01. The van der Waals surface area contributed by atoms with Gasteiger partial charge in [-0.15, -0.1) is 0 Å². The Balaban J connectivity index is 2.11. The first-order chi connectivity index (χ1) is 12.5. The second-order valence-corrected chi connectivity index (χ2v) is 6.84. The molecule has 0 heterocycles. The van der Waals surface area contributed by atoms with Crippen molar-refractivity contribution in [2.45, 2.75) is 39.8 Å². The summed E-state index contributed by atoms with van der Waals surface area (Å²) in [4.78, 5) is 15.0. The van der Waals surface area contributed by atoms with Crippen molar-refractivity contribution in [3.8, 4) is 11.5 Å². The van der Waals surface area contributed by atoms with E-state index in [9.17, 15) is 4.79 Å². The SMILES string of the molecule is COc1ccc(CC(C)C(=O)N(Cc2ccccc2)C(C)C)cc1OC. The van der Waals surface area contributed by atoms with Crippen molar-refractivity contribution in [3.63, 3.8) is 0 Å². The van der Waals surface area contributed by atoms with E-state index in [4.69, 9.17) is 9.47 Å². The highest BCUT2D eigenvalue weighted by Gasteiger charge is 2.23. The molecule has 0 bridgehead atoms. The van der Waals surface area contributed by atoms with Gasteiger partial charge in [0.15, 0.2) is 11.5 Å². The zero-order valence-electron chi connectivity index (χ0n) is 16.4. The minimum absolute atomic E-state index is 0.112. The Hall–Kier alpha value is -2.49. The average molecular weight is 355 g/mol. The van der Waals surface area contributed by atoms with E-state index in [1.165, 1.54) is 0 Å². The summed E-state index contributed by atoms with van der Waals surface area (Å²) in [6, 6.07) is 16.1. The van der Waals surface area contributed by atoms with Crippen LogP contribution in [0.2, 0.25) is 0 Å². The van der Waals surface area contributed by atoms with Crippen molar-refractivity contribution in [3.05, 3.63) is 59.7 Å². The maximum atomic E-state index is 13.0. The molecule has 0 fully saturated rings. The summed E-state index contributed by atoms with van der Waals surface area (Å²) >= 11 is 0. The number of hydrogen-bond acceptors (Lipinski definition) is 3. The number of carbonyl (C=O) groups excluding carboxylic acids is 1. The van der Waals surface area contributed by atoms with Crippen LogP contribution in [-0.4, -0.2) is 31.1 Å². The summed E-state index contributed by atoms with van der Waals surface area (Å²) in [5.74, 6) is 1.44. The highest BCUT2D eigenvalue weighted by atomic mass is 16.5. The van der Waals surface area contributed by atoms with Crippen LogP contribution in [0.15, 0.2) is 48.5 Å². The van der Waals surface area contributed by atoms with Gasteiger partial charge in [-0.2, -0.15) is 0 Å². The molecule has 2 rings (SSSR count). The molecule has 0 spiro atoms. The van der Waals surface area contributed by atoms with Crippen molar-refractivity contribution in [2.75, 3.05) is 14.2 Å². The van der Waals surface area contributed by atoms with Gasteiger partial charge in [-0.3, -0.25) is 4.79 Å². The monoisotopic (exact) mass is 355 g/mol. The van der Waals surface area contributed by atoms with Gasteiger partial charge >= 0.3 is 0 Å². The standard InChI is InChI=1S/C22H29NO3/c1-16(2)23(15-18-9-7-6-8-10-18)22(24)17(3)13-19-11-12-20(25-4)21(14-19)26-5/h6-12,14,16-17H,13,15H2,1-5H3. The summed E-state index contributed by atoms with van der Waals surface area (Å²) in [6.45, 7) is 6.74. The third-order valence-corrected chi connectivity index (χ3v) is 4.51. The van der Waals surface area contributed by atoms with Gasteiger partial charge in [-0.1, -0.05) is 43.3 Å². The molecule has 1 amide bonds. The van der Waals surface area contributed by atoms with Gasteiger partial charge in [0.1, 0.15) is 0 Å². The van der Waals surface area contributed by atoms with Crippen molar-refractivity contribution in [1.29, 1.82) is 0 Å². The van der Waals surface area contributed by atoms with Crippen molar-refractivity contribution in [2.24, 2.45) is 5.92 Å². The van der Waals surface area contributed by atoms with Gasteiger partial charge in [-0.05, 0) is 43.5 Å². The van der Waals surface area contributed by atoms with Gasteiger partial charge in [0.25, 0.3) is 0 Å². The highest BCUT2D eigenvalue weighted by Crippen LogP contribution is 2.29. The Morgan fingerprint density at radius 3 is 2.15 bits per heavy atom. The third kappa shape index (κ3) is 5.01. The van der Waals surface area contributed by atoms with Crippen LogP contribution >= 0.6 is 0 Å². The summed E-state index contributed by atoms with van der Waals surface area (Å²) in [5.41, 5.74) is 2.21. The van der Waals surface area contributed by atoms with Crippen molar-refractivity contribution < 1.29 is 14.3 Å². The molecular formula is C22H29NO3. The maximum Gasteiger partial charge on any atom is 0.226 e. The number of hydrogen-bond donors (Lipinski definition) is 0. The van der Waals surface area contributed by atoms with Gasteiger partial charge in [0, 0.05) is 18.5 Å². The zero-order valence-corrected chi connectivity index (χ0v) is 16.4. The molecule has 0 aromatic heterocycles. The molecule has 0 saturated carbocycles. The number of benzene rings is 2. The fraction of sp³-hybridized carbons (Fsp3) is 0.409. The lowest BCUT2D eigenvalue weighted by Crippen LogP contribution is -2.40. The molecule has 0 saturated heterocycles. The molecule has 2 aromatic carbocycles. The van der Waals surface area contributed by atoms with Crippen molar-refractivity contribution >= 4 is 5.91 Å². The second kappa shape index (κ2) is 9.27. The van der Waals surface area contributed by atoms with E-state index in [0.29, 0.717) is 24.5 Å². The van der Waals surface area contributed by atoms with E-state index >= 15 is 0 Å². The summed E-state index contributed by atoms with van der Waals surface area (Å²) in [6.07, 6.45) is 0.664. The van der Waals surface area contributed by atoms with Crippen LogP contribution in [0.1, 0.15) is 31.9 Å². The number of nitrogens with zero attached hydrogens (tertiary/aromatic N) is 1. The molecule has 0 N–H and O–H groups in total. The molecule has 1 unspecified atom stereocenters.